The normalized spacial score (nSPS) is 23.4. The summed E-state index contributed by atoms with van der Waals surface area (Å²) in [6, 6.07) is 2.54. The number of piperazine rings is 1. The lowest BCUT2D eigenvalue weighted by molar-refractivity contribution is -0.132. The SMILES string of the molecule is N#CCC(=O)N1CCN(C2CCOCC2)CC1. The number of carbonyl (C=O) groups excluding carboxylic acids is 1. The smallest absolute Gasteiger partial charge is 0.236 e. The number of carbonyl (C=O) groups is 1. The summed E-state index contributed by atoms with van der Waals surface area (Å²) in [7, 11) is 0. The minimum Gasteiger partial charge on any atom is -0.381 e. The van der Waals surface area contributed by atoms with Gasteiger partial charge in [0.25, 0.3) is 0 Å². The molecule has 0 aromatic carbocycles. The lowest BCUT2D eigenvalue weighted by Crippen LogP contribution is -2.52. The Balaban J connectivity index is 1.77. The second-order valence-corrected chi connectivity index (χ2v) is 4.60. The van der Waals surface area contributed by atoms with Crippen LogP contribution in [0.15, 0.2) is 0 Å². The molecule has 2 aliphatic heterocycles. The molecule has 0 bridgehead atoms. The monoisotopic (exact) mass is 237 g/mol. The summed E-state index contributed by atoms with van der Waals surface area (Å²) in [5.41, 5.74) is 0. The van der Waals surface area contributed by atoms with Gasteiger partial charge in [-0.15, -0.1) is 0 Å². The largest absolute Gasteiger partial charge is 0.381 e. The van der Waals surface area contributed by atoms with Gasteiger partial charge in [0, 0.05) is 45.4 Å². The zero-order valence-corrected chi connectivity index (χ0v) is 10.1. The zero-order valence-electron chi connectivity index (χ0n) is 10.1. The van der Waals surface area contributed by atoms with Crippen molar-refractivity contribution in [3.05, 3.63) is 0 Å². The molecule has 2 aliphatic rings. The summed E-state index contributed by atoms with van der Waals surface area (Å²) < 4.78 is 5.35. The van der Waals surface area contributed by atoms with Crippen molar-refractivity contribution in [3.8, 4) is 6.07 Å². The van der Waals surface area contributed by atoms with Crippen LogP contribution in [0.3, 0.4) is 0 Å². The highest BCUT2D eigenvalue weighted by Gasteiger charge is 2.26. The molecule has 2 rings (SSSR count). The van der Waals surface area contributed by atoms with Gasteiger partial charge in [0.1, 0.15) is 6.42 Å². The second-order valence-electron chi connectivity index (χ2n) is 4.60. The van der Waals surface area contributed by atoms with Crippen LogP contribution in [0.4, 0.5) is 0 Å². The molecule has 94 valence electrons. The van der Waals surface area contributed by atoms with Crippen LogP contribution in [0, 0.1) is 11.3 Å². The second kappa shape index (κ2) is 5.99. The van der Waals surface area contributed by atoms with E-state index in [1.54, 1.807) is 4.90 Å². The average molecular weight is 237 g/mol. The average Bonchev–Trinajstić information content (AvgIpc) is 2.40. The number of nitriles is 1. The van der Waals surface area contributed by atoms with Gasteiger partial charge in [0.2, 0.25) is 5.91 Å². The lowest BCUT2D eigenvalue weighted by Gasteiger charge is -2.40. The highest BCUT2D eigenvalue weighted by molar-refractivity contribution is 5.78. The number of hydrogen-bond acceptors (Lipinski definition) is 4. The molecule has 17 heavy (non-hydrogen) atoms. The Morgan fingerprint density at radius 3 is 2.47 bits per heavy atom. The summed E-state index contributed by atoms with van der Waals surface area (Å²) in [5.74, 6) is -0.0286. The number of hydrogen-bond donors (Lipinski definition) is 0. The standard InChI is InChI=1S/C12H19N3O2/c13-4-1-12(16)15-7-5-14(6-8-15)11-2-9-17-10-3-11/h11H,1-3,5-10H2. The van der Waals surface area contributed by atoms with Crippen LogP contribution in [0.1, 0.15) is 19.3 Å². The number of rotatable bonds is 2. The number of ether oxygens (including phenoxy) is 1. The molecule has 2 saturated heterocycles. The van der Waals surface area contributed by atoms with Crippen molar-refractivity contribution in [2.75, 3.05) is 39.4 Å². The van der Waals surface area contributed by atoms with E-state index < -0.39 is 0 Å². The fourth-order valence-corrected chi connectivity index (χ4v) is 2.57. The predicted molar refractivity (Wildman–Crippen MR) is 62.2 cm³/mol. The van der Waals surface area contributed by atoms with Crippen molar-refractivity contribution in [1.29, 1.82) is 5.26 Å². The highest BCUT2D eigenvalue weighted by Crippen LogP contribution is 2.16. The van der Waals surface area contributed by atoms with Crippen molar-refractivity contribution in [3.63, 3.8) is 0 Å². The van der Waals surface area contributed by atoms with Gasteiger partial charge < -0.3 is 9.64 Å². The van der Waals surface area contributed by atoms with E-state index in [9.17, 15) is 4.79 Å². The van der Waals surface area contributed by atoms with E-state index in [0.717, 1.165) is 52.2 Å². The molecule has 0 aromatic heterocycles. The molecule has 0 aromatic rings. The maximum Gasteiger partial charge on any atom is 0.236 e. The molecule has 2 heterocycles. The molecule has 0 unspecified atom stereocenters. The molecule has 0 saturated carbocycles. The van der Waals surface area contributed by atoms with E-state index in [0.29, 0.717) is 6.04 Å². The van der Waals surface area contributed by atoms with Crippen molar-refractivity contribution in [2.24, 2.45) is 0 Å². The molecule has 0 spiro atoms. The van der Waals surface area contributed by atoms with Crippen molar-refractivity contribution < 1.29 is 9.53 Å². The third-order valence-corrected chi connectivity index (χ3v) is 3.60. The molecular formula is C12H19N3O2. The molecule has 0 N–H and O–H groups in total. The van der Waals surface area contributed by atoms with Gasteiger partial charge in [-0.1, -0.05) is 0 Å². The Kier molecular flexibility index (Phi) is 4.35. The van der Waals surface area contributed by atoms with E-state index >= 15 is 0 Å². The summed E-state index contributed by atoms with van der Waals surface area (Å²) in [6.45, 7) is 5.11. The van der Waals surface area contributed by atoms with Gasteiger partial charge in [-0.3, -0.25) is 9.69 Å². The first kappa shape index (κ1) is 12.3. The van der Waals surface area contributed by atoms with Gasteiger partial charge in [-0.2, -0.15) is 5.26 Å². The van der Waals surface area contributed by atoms with Gasteiger partial charge in [-0.25, -0.2) is 0 Å². The first-order chi connectivity index (χ1) is 8.31. The first-order valence-corrected chi connectivity index (χ1v) is 6.28. The topological polar surface area (TPSA) is 56.6 Å². The number of amides is 1. The highest BCUT2D eigenvalue weighted by atomic mass is 16.5. The predicted octanol–water partition coefficient (Wildman–Crippen LogP) is 0.223. The van der Waals surface area contributed by atoms with E-state index in [1.165, 1.54) is 0 Å². The van der Waals surface area contributed by atoms with E-state index in [2.05, 4.69) is 4.90 Å². The van der Waals surface area contributed by atoms with Gasteiger partial charge >= 0.3 is 0 Å². The quantitative estimate of drug-likeness (QED) is 0.689. The van der Waals surface area contributed by atoms with Crippen molar-refractivity contribution >= 4 is 5.91 Å². The van der Waals surface area contributed by atoms with Crippen LogP contribution in [0.5, 0.6) is 0 Å². The molecule has 0 atom stereocenters. The van der Waals surface area contributed by atoms with Gasteiger partial charge in [-0.05, 0) is 12.8 Å². The number of nitrogens with zero attached hydrogens (tertiary/aromatic N) is 3. The Labute approximate surface area is 102 Å². The van der Waals surface area contributed by atoms with Crippen LogP contribution in [-0.4, -0.2) is 61.1 Å². The van der Waals surface area contributed by atoms with E-state index in [4.69, 9.17) is 10.00 Å². The van der Waals surface area contributed by atoms with Crippen molar-refractivity contribution in [2.45, 2.75) is 25.3 Å². The summed E-state index contributed by atoms with van der Waals surface area (Å²) in [4.78, 5) is 15.8. The molecule has 1 amide bonds. The Bertz CT molecular complexity index is 299. The van der Waals surface area contributed by atoms with Gasteiger partial charge in [0.15, 0.2) is 0 Å². The fraction of sp³-hybridized carbons (Fsp3) is 0.833. The minimum atomic E-state index is -0.0286. The van der Waals surface area contributed by atoms with E-state index in [1.807, 2.05) is 6.07 Å². The lowest BCUT2D eigenvalue weighted by atomic mass is 10.1. The molecular weight excluding hydrogens is 218 g/mol. The molecule has 0 radical (unpaired) electrons. The maximum atomic E-state index is 11.5. The Hall–Kier alpha value is -1.12. The third kappa shape index (κ3) is 3.18. The van der Waals surface area contributed by atoms with Crippen LogP contribution >= 0.6 is 0 Å². The molecule has 5 heteroatoms. The fourth-order valence-electron chi connectivity index (χ4n) is 2.57. The van der Waals surface area contributed by atoms with Crippen LogP contribution < -0.4 is 0 Å². The summed E-state index contributed by atoms with van der Waals surface area (Å²) >= 11 is 0. The maximum absolute atomic E-state index is 11.5. The Morgan fingerprint density at radius 2 is 1.88 bits per heavy atom. The Morgan fingerprint density at radius 1 is 1.24 bits per heavy atom. The summed E-state index contributed by atoms with van der Waals surface area (Å²) in [5, 5.41) is 8.50. The molecule has 0 aliphatic carbocycles. The zero-order chi connectivity index (χ0) is 12.1. The van der Waals surface area contributed by atoms with Gasteiger partial charge in [0.05, 0.1) is 6.07 Å². The van der Waals surface area contributed by atoms with Crippen molar-refractivity contribution in [1.82, 2.24) is 9.80 Å². The third-order valence-electron chi connectivity index (χ3n) is 3.60. The summed E-state index contributed by atoms with van der Waals surface area (Å²) in [6.07, 6.45) is 2.22. The van der Waals surface area contributed by atoms with Crippen LogP contribution in [0.25, 0.3) is 0 Å². The van der Waals surface area contributed by atoms with E-state index in [-0.39, 0.29) is 12.3 Å². The molecule has 5 nitrogen and oxygen atoms in total. The van der Waals surface area contributed by atoms with Crippen LogP contribution in [-0.2, 0) is 9.53 Å². The first-order valence-electron chi connectivity index (χ1n) is 6.28. The van der Waals surface area contributed by atoms with Crippen LogP contribution in [0.2, 0.25) is 0 Å². The molecule has 2 fully saturated rings. The minimum absolute atomic E-state index is 0.0112.